The van der Waals surface area contributed by atoms with Gasteiger partial charge in [0.1, 0.15) is 0 Å². The van der Waals surface area contributed by atoms with E-state index in [1.165, 1.54) is 21.5 Å². The van der Waals surface area contributed by atoms with Crippen LogP contribution in [-0.4, -0.2) is 20.3 Å². The molecule has 0 radical (unpaired) electrons. The highest BCUT2D eigenvalue weighted by Gasteiger charge is 2.34. The lowest BCUT2D eigenvalue weighted by molar-refractivity contribution is 0.0344. The van der Waals surface area contributed by atoms with Crippen molar-refractivity contribution in [2.45, 2.75) is 13.8 Å². The quantitative estimate of drug-likeness (QED) is 0.502. The van der Waals surface area contributed by atoms with Crippen LogP contribution in [0.3, 0.4) is 0 Å². The molecule has 0 unspecified atom stereocenters. The second-order valence-electron chi connectivity index (χ2n) is 6.85. The van der Waals surface area contributed by atoms with Crippen LogP contribution in [0.25, 0.3) is 21.5 Å². The second kappa shape index (κ2) is 5.11. The summed E-state index contributed by atoms with van der Waals surface area (Å²) in [6.45, 7) is 5.78. The molecule has 0 N–H and O–H groups in total. The van der Waals surface area contributed by atoms with Crippen LogP contribution < -0.4 is 5.46 Å². The van der Waals surface area contributed by atoms with E-state index >= 15 is 0 Å². The molecule has 1 saturated heterocycles. The number of fused-ring (bicyclic) bond motifs is 3. The average Bonchev–Trinajstić information content (AvgIpc) is 2.54. The summed E-state index contributed by atoms with van der Waals surface area (Å²) in [4.78, 5) is 0. The van der Waals surface area contributed by atoms with Gasteiger partial charge in [0.25, 0.3) is 0 Å². The summed E-state index contributed by atoms with van der Waals surface area (Å²) in [6.07, 6.45) is 0. The van der Waals surface area contributed by atoms with Gasteiger partial charge in [0.2, 0.25) is 0 Å². The average molecular weight is 290 g/mol. The van der Waals surface area contributed by atoms with E-state index in [1.54, 1.807) is 0 Å². The molecule has 0 aromatic heterocycles. The highest BCUT2D eigenvalue weighted by molar-refractivity contribution is 6.65. The minimum absolute atomic E-state index is 0.0865. The first-order valence-electron chi connectivity index (χ1n) is 7.78. The third kappa shape index (κ3) is 2.31. The smallest absolute Gasteiger partial charge is 0.407 e. The Bertz CT molecular complexity index is 831. The first-order chi connectivity index (χ1) is 10.6. The first kappa shape index (κ1) is 13.8. The highest BCUT2D eigenvalue weighted by atomic mass is 16.6. The number of rotatable bonds is 1. The van der Waals surface area contributed by atoms with E-state index in [-0.39, 0.29) is 12.5 Å². The van der Waals surface area contributed by atoms with Gasteiger partial charge in [-0.3, -0.25) is 0 Å². The summed E-state index contributed by atoms with van der Waals surface area (Å²) in [6, 6.07) is 19.2. The zero-order valence-corrected chi connectivity index (χ0v) is 13.0. The minimum Gasteiger partial charge on any atom is -0.407 e. The maximum Gasteiger partial charge on any atom is 0.494 e. The molecular weight excluding hydrogens is 271 g/mol. The minimum atomic E-state index is -0.275. The predicted octanol–water partition coefficient (Wildman–Crippen LogP) is 3.76. The molecule has 22 heavy (non-hydrogen) atoms. The van der Waals surface area contributed by atoms with Crippen LogP contribution in [0.5, 0.6) is 0 Å². The summed E-state index contributed by atoms with van der Waals surface area (Å²) in [5, 5.41) is 4.98. The van der Waals surface area contributed by atoms with Crippen molar-refractivity contribution in [1.82, 2.24) is 0 Å². The van der Waals surface area contributed by atoms with Gasteiger partial charge in [0.05, 0.1) is 0 Å². The van der Waals surface area contributed by atoms with E-state index in [9.17, 15) is 0 Å². The van der Waals surface area contributed by atoms with Crippen molar-refractivity contribution in [3.05, 3.63) is 54.6 Å². The fourth-order valence-electron chi connectivity index (χ4n) is 3.15. The van der Waals surface area contributed by atoms with E-state index in [4.69, 9.17) is 9.31 Å². The van der Waals surface area contributed by atoms with E-state index in [0.29, 0.717) is 0 Å². The van der Waals surface area contributed by atoms with Gasteiger partial charge in [0.15, 0.2) is 0 Å². The molecule has 4 rings (SSSR count). The molecular formula is C19H19BO2. The summed E-state index contributed by atoms with van der Waals surface area (Å²) in [5.74, 6) is 0. The zero-order valence-electron chi connectivity index (χ0n) is 13.0. The number of hydrogen-bond donors (Lipinski definition) is 0. The van der Waals surface area contributed by atoms with Gasteiger partial charge in [-0.15, -0.1) is 0 Å². The van der Waals surface area contributed by atoms with Crippen molar-refractivity contribution < 1.29 is 9.31 Å². The Morgan fingerprint density at radius 3 is 2.14 bits per heavy atom. The summed E-state index contributed by atoms with van der Waals surface area (Å²) in [7, 11) is -0.275. The maximum absolute atomic E-state index is 6.01. The van der Waals surface area contributed by atoms with E-state index in [2.05, 4.69) is 68.4 Å². The highest BCUT2D eigenvalue weighted by Crippen LogP contribution is 2.27. The third-order valence-corrected chi connectivity index (χ3v) is 4.30. The maximum atomic E-state index is 6.01. The van der Waals surface area contributed by atoms with Crippen LogP contribution in [0, 0.1) is 5.41 Å². The predicted molar refractivity (Wildman–Crippen MR) is 92.5 cm³/mol. The zero-order chi connectivity index (χ0) is 15.2. The van der Waals surface area contributed by atoms with Crippen molar-refractivity contribution in [3.63, 3.8) is 0 Å². The van der Waals surface area contributed by atoms with Crippen molar-refractivity contribution in [2.75, 3.05) is 13.2 Å². The monoisotopic (exact) mass is 290 g/mol. The van der Waals surface area contributed by atoms with E-state index in [0.717, 1.165) is 18.7 Å². The molecule has 3 aromatic carbocycles. The Labute approximate surface area is 131 Å². The van der Waals surface area contributed by atoms with Crippen LogP contribution in [0.4, 0.5) is 0 Å². The van der Waals surface area contributed by atoms with Gasteiger partial charge in [-0.25, -0.2) is 0 Å². The first-order valence-corrected chi connectivity index (χ1v) is 7.78. The van der Waals surface area contributed by atoms with Crippen LogP contribution >= 0.6 is 0 Å². The van der Waals surface area contributed by atoms with Crippen molar-refractivity contribution in [1.29, 1.82) is 0 Å². The van der Waals surface area contributed by atoms with Crippen molar-refractivity contribution in [3.8, 4) is 0 Å². The Hall–Kier alpha value is -1.84. The Kier molecular flexibility index (Phi) is 3.21. The van der Waals surface area contributed by atoms with Crippen LogP contribution in [0.1, 0.15) is 13.8 Å². The Morgan fingerprint density at radius 2 is 1.41 bits per heavy atom. The molecule has 0 saturated carbocycles. The lowest BCUT2D eigenvalue weighted by atomic mass is 9.72. The molecule has 1 heterocycles. The van der Waals surface area contributed by atoms with Gasteiger partial charge in [-0.2, -0.15) is 0 Å². The van der Waals surface area contributed by atoms with Crippen LogP contribution in [0.2, 0.25) is 0 Å². The fourth-order valence-corrected chi connectivity index (χ4v) is 3.15. The number of benzene rings is 3. The molecule has 0 aliphatic carbocycles. The summed E-state index contributed by atoms with van der Waals surface area (Å²) < 4.78 is 12.0. The fraction of sp³-hybridized carbons (Fsp3) is 0.263. The summed E-state index contributed by atoms with van der Waals surface area (Å²) in [5.41, 5.74) is 1.22. The Morgan fingerprint density at radius 1 is 0.818 bits per heavy atom. The normalized spacial score (nSPS) is 18.0. The Balaban J connectivity index is 1.89. The molecule has 1 aliphatic heterocycles. The molecule has 0 amide bonds. The van der Waals surface area contributed by atoms with Gasteiger partial charge in [0, 0.05) is 18.6 Å². The SMILES string of the molecule is CC1(C)COB(c2cc3ccccc3c3ccccc23)OC1. The van der Waals surface area contributed by atoms with Gasteiger partial charge < -0.3 is 9.31 Å². The molecule has 3 heteroatoms. The molecule has 0 atom stereocenters. The van der Waals surface area contributed by atoms with Gasteiger partial charge >= 0.3 is 7.12 Å². The van der Waals surface area contributed by atoms with Gasteiger partial charge in [-0.05, 0) is 27.0 Å². The molecule has 1 aliphatic rings. The molecule has 2 nitrogen and oxygen atoms in total. The van der Waals surface area contributed by atoms with Crippen molar-refractivity contribution in [2.24, 2.45) is 5.41 Å². The van der Waals surface area contributed by atoms with Crippen LogP contribution in [-0.2, 0) is 9.31 Å². The molecule has 0 spiro atoms. The number of hydrogen-bond acceptors (Lipinski definition) is 2. The largest absolute Gasteiger partial charge is 0.494 e. The van der Waals surface area contributed by atoms with E-state index < -0.39 is 0 Å². The van der Waals surface area contributed by atoms with Crippen LogP contribution in [0.15, 0.2) is 54.6 Å². The topological polar surface area (TPSA) is 18.5 Å². The van der Waals surface area contributed by atoms with Gasteiger partial charge in [-0.1, -0.05) is 68.4 Å². The summed E-state index contributed by atoms with van der Waals surface area (Å²) >= 11 is 0. The lowest BCUT2D eigenvalue weighted by Crippen LogP contribution is -2.47. The molecule has 3 aromatic rings. The standard InChI is InChI=1S/C19H19BO2/c1-19(2)12-21-20(22-13-19)18-11-14-7-3-4-8-15(14)16-9-5-6-10-17(16)18/h3-11H,12-13H2,1-2H3. The molecule has 110 valence electrons. The second-order valence-corrected chi connectivity index (χ2v) is 6.85. The third-order valence-electron chi connectivity index (χ3n) is 4.30. The molecule has 1 fully saturated rings. The molecule has 0 bridgehead atoms. The van der Waals surface area contributed by atoms with E-state index in [1.807, 2.05) is 0 Å². The van der Waals surface area contributed by atoms with Crippen molar-refractivity contribution >= 4 is 34.1 Å². The lowest BCUT2D eigenvalue weighted by Gasteiger charge is -2.33.